The van der Waals surface area contributed by atoms with Crippen LogP contribution in [0, 0.1) is 11.2 Å². The van der Waals surface area contributed by atoms with Crippen molar-refractivity contribution in [2.45, 2.75) is 33.1 Å². The van der Waals surface area contributed by atoms with Gasteiger partial charge in [0.05, 0.1) is 0 Å². The predicted molar refractivity (Wildman–Crippen MR) is 81.6 cm³/mol. The number of benzene rings is 1. The predicted octanol–water partition coefficient (Wildman–Crippen LogP) is 2.47. The zero-order valence-electron chi connectivity index (χ0n) is 12.8. The quantitative estimate of drug-likeness (QED) is 0.645. The zero-order chi connectivity index (χ0) is 15.7. The van der Waals surface area contributed by atoms with Gasteiger partial charge in [0, 0.05) is 19.7 Å². The van der Waals surface area contributed by atoms with E-state index in [0.717, 1.165) is 12.8 Å². The minimum absolute atomic E-state index is 0.108. The van der Waals surface area contributed by atoms with Crippen molar-refractivity contribution in [2.75, 3.05) is 19.7 Å². The van der Waals surface area contributed by atoms with E-state index in [2.05, 4.69) is 10.6 Å². The van der Waals surface area contributed by atoms with Crippen LogP contribution in [-0.4, -0.2) is 30.8 Å². The normalized spacial score (nSPS) is 11.2. The number of rotatable bonds is 8. The maximum Gasteiger partial charge on any atom is 0.314 e. The molecule has 0 aromatic heterocycles. The molecule has 0 saturated heterocycles. The second-order valence-electron chi connectivity index (χ2n) is 5.95. The maximum atomic E-state index is 13.4. The molecule has 5 heteroatoms. The average Bonchev–Trinajstić information content (AvgIpc) is 2.46. The number of halogens is 1. The molecular weight excluding hydrogens is 271 g/mol. The number of aliphatic hydroxyl groups is 1. The highest BCUT2D eigenvalue weighted by Gasteiger charge is 2.15. The molecule has 118 valence electrons. The second-order valence-corrected chi connectivity index (χ2v) is 5.95. The molecule has 4 nitrogen and oxygen atoms in total. The van der Waals surface area contributed by atoms with Gasteiger partial charge in [0.25, 0.3) is 0 Å². The third-order valence-corrected chi connectivity index (χ3v) is 3.38. The van der Waals surface area contributed by atoms with Gasteiger partial charge in [-0.15, -0.1) is 0 Å². The van der Waals surface area contributed by atoms with Gasteiger partial charge in [0.2, 0.25) is 0 Å². The summed E-state index contributed by atoms with van der Waals surface area (Å²) in [6.45, 7) is 5.08. The lowest BCUT2D eigenvalue weighted by atomic mass is 9.89. The second kappa shape index (κ2) is 8.62. The lowest BCUT2D eigenvalue weighted by molar-refractivity contribution is 0.148. The summed E-state index contributed by atoms with van der Waals surface area (Å²) in [5.41, 5.74) is 0.491. The van der Waals surface area contributed by atoms with E-state index >= 15 is 0 Å². The summed E-state index contributed by atoms with van der Waals surface area (Å²) in [6, 6.07) is 6.31. The summed E-state index contributed by atoms with van der Waals surface area (Å²) >= 11 is 0. The number of nitrogens with one attached hydrogen (secondary N) is 2. The molecule has 21 heavy (non-hydrogen) atoms. The van der Waals surface area contributed by atoms with E-state index in [1.165, 1.54) is 6.07 Å². The number of hydrogen-bond donors (Lipinski definition) is 3. The zero-order valence-corrected chi connectivity index (χ0v) is 12.8. The van der Waals surface area contributed by atoms with Crippen LogP contribution in [0.2, 0.25) is 0 Å². The van der Waals surface area contributed by atoms with Crippen molar-refractivity contribution in [3.63, 3.8) is 0 Å². The van der Waals surface area contributed by atoms with Crippen molar-refractivity contribution in [3.05, 3.63) is 35.6 Å². The minimum atomic E-state index is -0.244. The molecule has 1 aromatic carbocycles. The number of amides is 2. The Kier molecular flexibility index (Phi) is 7.15. The summed E-state index contributed by atoms with van der Waals surface area (Å²) in [5, 5.41) is 14.6. The molecule has 0 saturated carbocycles. The molecule has 0 aliphatic heterocycles. The summed E-state index contributed by atoms with van der Waals surface area (Å²) < 4.78 is 13.4. The Morgan fingerprint density at radius 1 is 1.24 bits per heavy atom. The minimum Gasteiger partial charge on any atom is -0.396 e. The van der Waals surface area contributed by atoms with Crippen LogP contribution in [-0.2, 0) is 6.42 Å². The van der Waals surface area contributed by atoms with E-state index < -0.39 is 0 Å². The van der Waals surface area contributed by atoms with Gasteiger partial charge in [0.1, 0.15) is 5.82 Å². The Hall–Kier alpha value is -1.62. The van der Waals surface area contributed by atoms with Crippen molar-refractivity contribution in [1.29, 1.82) is 0 Å². The van der Waals surface area contributed by atoms with E-state index in [4.69, 9.17) is 5.11 Å². The van der Waals surface area contributed by atoms with E-state index in [1.54, 1.807) is 18.2 Å². The lowest BCUT2D eigenvalue weighted by Gasteiger charge is -2.21. The monoisotopic (exact) mass is 296 g/mol. The molecule has 0 heterocycles. The van der Waals surface area contributed by atoms with Gasteiger partial charge in [0.15, 0.2) is 0 Å². The Balaban J connectivity index is 2.13. The highest BCUT2D eigenvalue weighted by Crippen LogP contribution is 2.20. The molecule has 0 radical (unpaired) electrons. The van der Waals surface area contributed by atoms with Gasteiger partial charge in [-0.3, -0.25) is 0 Å². The Morgan fingerprint density at radius 3 is 2.57 bits per heavy atom. The Bertz CT molecular complexity index is 450. The van der Waals surface area contributed by atoms with Gasteiger partial charge in [-0.05, 0) is 36.3 Å². The van der Waals surface area contributed by atoms with Crippen molar-refractivity contribution >= 4 is 6.03 Å². The number of carbonyl (C=O) groups is 1. The molecule has 1 aromatic rings. The topological polar surface area (TPSA) is 61.4 Å². The first-order valence-corrected chi connectivity index (χ1v) is 7.30. The van der Waals surface area contributed by atoms with Gasteiger partial charge in [-0.1, -0.05) is 32.0 Å². The van der Waals surface area contributed by atoms with Crippen LogP contribution in [0.5, 0.6) is 0 Å². The van der Waals surface area contributed by atoms with Crippen molar-refractivity contribution in [1.82, 2.24) is 10.6 Å². The summed E-state index contributed by atoms with van der Waals surface area (Å²) in [6.07, 6.45) is 2.13. The highest BCUT2D eigenvalue weighted by atomic mass is 19.1. The van der Waals surface area contributed by atoms with Crippen molar-refractivity contribution in [2.24, 2.45) is 5.41 Å². The van der Waals surface area contributed by atoms with Crippen LogP contribution >= 0.6 is 0 Å². The van der Waals surface area contributed by atoms with Crippen LogP contribution in [0.25, 0.3) is 0 Å². The van der Waals surface area contributed by atoms with Crippen LogP contribution in [0.4, 0.5) is 9.18 Å². The molecule has 0 aliphatic rings. The third kappa shape index (κ3) is 7.09. The van der Waals surface area contributed by atoms with Crippen LogP contribution in [0.15, 0.2) is 24.3 Å². The fraction of sp³-hybridized carbons (Fsp3) is 0.562. The number of hydrogen-bond acceptors (Lipinski definition) is 2. The molecule has 0 spiro atoms. The summed E-state index contributed by atoms with van der Waals surface area (Å²) in [5.74, 6) is -0.244. The van der Waals surface area contributed by atoms with Crippen molar-refractivity contribution < 1.29 is 14.3 Å². The largest absolute Gasteiger partial charge is 0.396 e. The summed E-state index contributed by atoms with van der Waals surface area (Å²) in [7, 11) is 0. The molecule has 1 rings (SSSR count). The molecule has 0 bridgehead atoms. The molecular formula is C16H25FN2O2. The van der Waals surface area contributed by atoms with E-state index in [0.29, 0.717) is 25.1 Å². The van der Waals surface area contributed by atoms with Gasteiger partial charge in [-0.2, -0.15) is 0 Å². The molecule has 0 fully saturated rings. The van der Waals surface area contributed by atoms with E-state index in [9.17, 15) is 9.18 Å². The van der Waals surface area contributed by atoms with Crippen LogP contribution in [0.3, 0.4) is 0 Å². The average molecular weight is 296 g/mol. The highest BCUT2D eigenvalue weighted by molar-refractivity contribution is 5.73. The third-order valence-electron chi connectivity index (χ3n) is 3.38. The van der Waals surface area contributed by atoms with Crippen LogP contribution < -0.4 is 10.6 Å². The van der Waals surface area contributed by atoms with Crippen LogP contribution in [0.1, 0.15) is 32.3 Å². The number of urea groups is 1. The fourth-order valence-electron chi connectivity index (χ4n) is 1.92. The van der Waals surface area contributed by atoms with E-state index in [1.807, 2.05) is 13.8 Å². The molecule has 0 atom stereocenters. The summed E-state index contributed by atoms with van der Waals surface area (Å²) in [4.78, 5) is 11.5. The lowest BCUT2D eigenvalue weighted by Crippen LogP contribution is -2.37. The molecule has 3 N–H and O–H groups in total. The standard InChI is InChI=1S/C16H25FN2O2/c1-16(2,12-20)9-5-10-18-15(21)19-11-8-13-6-3-4-7-14(13)17/h3-4,6-7,20H,5,8-12H2,1-2H3,(H2,18,19,21). The SMILES string of the molecule is CC(C)(CO)CCCNC(=O)NCCc1ccccc1F. The van der Waals surface area contributed by atoms with Gasteiger partial charge in [-0.25, -0.2) is 9.18 Å². The number of carbonyl (C=O) groups excluding carboxylic acids is 1. The first-order valence-electron chi connectivity index (χ1n) is 7.30. The van der Waals surface area contributed by atoms with Gasteiger partial charge >= 0.3 is 6.03 Å². The Morgan fingerprint density at radius 2 is 1.90 bits per heavy atom. The number of aliphatic hydroxyl groups excluding tert-OH is 1. The molecule has 0 unspecified atom stereocenters. The van der Waals surface area contributed by atoms with E-state index in [-0.39, 0.29) is 23.9 Å². The molecule has 0 aliphatic carbocycles. The first-order chi connectivity index (χ1) is 9.94. The smallest absolute Gasteiger partial charge is 0.314 e. The Labute approximate surface area is 125 Å². The molecule has 2 amide bonds. The fourth-order valence-corrected chi connectivity index (χ4v) is 1.92. The van der Waals surface area contributed by atoms with Gasteiger partial charge < -0.3 is 15.7 Å². The maximum absolute atomic E-state index is 13.4. The first kappa shape index (κ1) is 17.4. The van der Waals surface area contributed by atoms with Crippen molar-refractivity contribution in [3.8, 4) is 0 Å².